The maximum Gasteiger partial charge on any atom is 0.317 e. The Labute approximate surface area is 191 Å². The van der Waals surface area contributed by atoms with Gasteiger partial charge in [0.2, 0.25) is 5.91 Å². The molecule has 170 valence electrons. The molecule has 0 saturated heterocycles. The van der Waals surface area contributed by atoms with Gasteiger partial charge in [-0.3, -0.25) is 4.79 Å². The van der Waals surface area contributed by atoms with E-state index in [0.29, 0.717) is 32.1 Å². The molecular formula is C25H37N3O2S. The van der Waals surface area contributed by atoms with Crippen molar-refractivity contribution < 1.29 is 9.59 Å². The van der Waals surface area contributed by atoms with E-state index in [0.717, 1.165) is 29.7 Å². The Morgan fingerprint density at radius 3 is 2.39 bits per heavy atom. The van der Waals surface area contributed by atoms with E-state index in [1.54, 1.807) is 16.2 Å². The lowest BCUT2D eigenvalue weighted by molar-refractivity contribution is -0.133. The first-order valence-corrected chi connectivity index (χ1v) is 12.1. The van der Waals surface area contributed by atoms with Crippen molar-refractivity contribution in [2.45, 2.75) is 60.0 Å². The van der Waals surface area contributed by atoms with Gasteiger partial charge in [-0.05, 0) is 37.0 Å². The van der Waals surface area contributed by atoms with E-state index in [-0.39, 0.29) is 18.5 Å². The zero-order valence-corrected chi connectivity index (χ0v) is 20.2. The van der Waals surface area contributed by atoms with Gasteiger partial charge in [-0.1, -0.05) is 63.9 Å². The summed E-state index contributed by atoms with van der Waals surface area (Å²) in [4.78, 5) is 32.1. The summed E-state index contributed by atoms with van der Waals surface area (Å²) in [6, 6.07) is 14.1. The van der Waals surface area contributed by atoms with Gasteiger partial charge in [0.25, 0.3) is 0 Å². The fraction of sp³-hybridized carbons (Fsp3) is 0.520. The number of carbonyl (C=O) groups is 2. The quantitative estimate of drug-likeness (QED) is 0.444. The minimum Gasteiger partial charge on any atom is -0.338 e. The predicted octanol–water partition coefficient (Wildman–Crippen LogP) is 5.44. The second-order valence-corrected chi connectivity index (χ2v) is 9.60. The van der Waals surface area contributed by atoms with Crippen molar-refractivity contribution in [3.8, 4) is 0 Å². The molecule has 0 bridgehead atoms. The number of unbranched alkanes of at least 4 members (excludes halogenated alkanes) is 1. The van der Waals surface area contributed by atoms with Crippen molar-refractivity contribution in [3.05, 3.63) is 57.8 Å². The summed E-state index contributed by atoms with van der Waals surface area (Å²) < 4.78 is 0. The van der Waals surface area contributed by atoms with Gasteiger partial charge in [-0.25, -0.2) is 4.79 Å². The summed E-state index contributed by atoms with van der Waals surface area (Å²) in [5, 5.41) is 2.98. The molecule has 1 unspecified atom stereocenters. The van der Waals surface area contributed by atoms with Crippen LogP contribution in [0.4, 0.5) is 4.79 Å². The molecule has 0 radical (unpaired) electrons. The molecule has 1 aromatic heterocycles. The van der Waals surface area contributed by atoms with Crippen molar-refractivity contribution in [1.29, 1.82) is 0 Å². The van der Waals surface area contributed by atoms with Crippen molar-refractivity contribution >= 4 is 23.3 Å². The first kappa shape index (κ1) is 24.9. The van der Waals surface area contributed by atoms with Gasteiger partial charge in [0.05, 0.1) is 6.54 Å². The molecule has 6 heteroatoms. The Hall–Kier alpha value is -2.34. The maximum atomic E-state index is 13.4. The zero-order chi connectivity index (χ0) is 22.6. The van der Waals surface area contributed by atoms with E-state index in [1.165, 1.54) is 4.88 Å². The number of nitrogens with one attached hydrogen (secondary N) is 1. The van der Waals surface area contributed by atoms with Gasteiger partial charge in [-0.2, -0.15) is 0 Å². The third-order valence-corrected chi connectivity index (χ3v) is 6.35. The van der Waals surface area contributed by atoms with Crippen LogP contribution in [0, 0.1) is 12.8 Å². The van der Waals surface area contributed by atoms with E-state index in [4.69, 9.17) is 0 Å². The van der Waals surface area contributed by atoms with Crippen LogP contribution in [0.15, 0.2) is 42.5 Å². The molecule has 2 aromatic rings. The summed E-state index contributed by atoms with van der Waals surface area (Å²) in [5.41, 5.74) is 1.09. The maximum absolute atomic E-state index is 13.4. The molecule has 0 spiro atoms. The van der Waals surface area contributed by atoms with Gasteiger partial charge in [0.1, 0.15) is 6.54 Å². The molecule has 1 N–H and O–H groups in total. The smallest absolute Gasteiger partial charge is 0.317 e. The molecule has 1 heterocycles. The van der Waals surface area contributed by atoms with Crippen molar-refractivity contribution in [2.24, 2.45) is 5.92 Å². The average molecular weight is 444 g/mol. The molecule has 0 aliphatic rings. The highest BCUT2D eigenvalue weighted by molar-refractivity contribution is 7.11. The molecule has 0 fully saturated rings. The Kier molecular flexibility index (Phi) is 10.6. The summed E-state index contributed by atoms with van der Waals surface area (Å²) in [6.07, 6.45) is 2.93. The van der Waals surface area contributed by atoms with E-state index in [9.17, 15) is 9.59 Å². The van der Waals surface area contributed by atoms with Crippen LogP contribution in [0.2, 0.25) is 0 Å². The lowest BCUT2D eigenvalue weighted by Gasteiger charge is -2.29. The number of benzene rings is 1. The second-order valence-electron chi connectivity index (χ2n) is 8.23. The first-order valence-electron chi connectivity index (χ1n) is 11.3. The molecule has 5 nitrogen and oxygen atoms in total. The van der Waals surface area contributed by atoms with Gasteiger partial charge in [0, 0.05) is 29.4 Å². The summed E-state index contributed by atoms with van der Waals surface area (Å²) >= 11 is 1.71. The number of amides is 3. The van der Waals surface area contributed by atoms with Crippen LogP contribution in [0.1, 0.15) is 55.4 Å². The van der Waals surface area contributed by atoms with E-state index < -0.39 is 0 Å². The minimum absolute atomic E-state index is 0.0242. The number of nitrogens with zero attached hydrogens (tertiary/aromatic N) is 2. The van der Waals surface area contributed by atoms with Crippen molar-refractivity contribution in [3.63, 3.8) is 0 Å². The highest BCUT2D eigenvalue weighted by Crippen LogP contribution is 2.19. The Morgan fingerprint density at radius 2 is 1.77 bits per heavy atom. The molecule has 0 aliphatic heterocycles. The van der Waals surface area contributed by atoms with E-state index in [1.807, 2.05) is 35.2 Å². The van der Waals surface area contributed by atoms with Crippen LogP contribution >= 0.6 is 11.3 Å². The fourth-order valence-corrected chi connectivity index (χ4v) is 4.17. The largest absolute Gasteiger partial charge is 0.338 e. The standard InChI is InChI=1S/C25H37N3O2S/c1-5-7-15-26-25(30)28(16-20(3)6-2)19-24(29)27(17-22-11-9-8-10-12-22)18-23-14-13-21(4)31-23/h8-14,20H,5-7,15-19H2,1-4H3,(H,26,30). The molecule has 3 amide bonds. The van der Waals surface area contributed by atoms with Gasteiger partial charge in [-0.15, -0.1) is 11.3 Å². The van der Waals surface area contributed by atoms with Gasteiger partial charge >= 0.3 is 6.03 Å². The predicted molar refractivity (Wildman–Crippen MR) is 129 cm³/mol. The third kappa shape index (κ3) is 8.74. The minimum atomic E-state index is -0.145. The Balaban J connectivity index is 2.14. The monoisotopic (exact) mass is 443 g/mol. The number of hydrogen-bond acceptors (Lipinski definition) is 3. The summed E-state index contributed by atoms with van der Waals surface area (Å²) in [7, 11) is 0. The molecule has 1 aromatic carbocycles. The molecular weight excluding hydrogens is 406 g/mol. The number of hydrogen-bond donors (Lipinski definition) is 1. The topological polar surface area (TPSA) is 52.7 Å². The van der Waals surface area contributed by atoms with Crippen LogP contribution < -0.4 is 5.32 Å². The Morgan fingerprint density at radius 1 is 1.03 bits per heavy atom. The highest BCUT2D eigenvalue weighted by Gasteiger charge is 2.23. The average Bonchev–Trinajstić information content (AvgIpc) is 3.18. The highest BCUT2D eigenvalue weighted by atomic mass is 32.1. The first-order chi connectivity index (χ1) is 14.9. The Bertz CT molecular complexity index is 806. The molecule has 31 heavy (non-hydrogen) atoms. The van der Waals surface area contributed by atoms with Gasteiger partial charge in [0.15, 0.2) is 0 Å². The molecule has 1 atom stereocenters. The van der Waals surface area contributed by atoms with Crippen LogP contribution in [0.5, 0.6) is 0 Å². The normalized spacial score (nSPS) is 11.7. The van der Waals surface area contributed by atoms with Crippen LogP contribution in [0.25, 0.3) is 0 Å². The SMILES string of the molecule is CCCCNC(=O)N(CC(=O)N(Cc1ccccc1)Cc1ccc(C)s1)CC(C)CC. The van der Waals surface area contributed by atoms with Crippen LogP contribution in [-0.2, 0) is 17.9 Å². The number of carbonyl (C=O) groups excluding carboxylic acids is 2. The number of rotatable bonds is 12. The molecule has 2 rings (SSSR count). The lowest BCUT2D eigenvalue weighted by Crippen LogP contribution is -2.48. The van der Waals surface area contributed by atoms with Crippen molar-refractivity contribution in [2.75, 3.05) is 19.6 Å². The van der Waals surface area contributed by atoms with E-state index in [2.05, 4.69) is 45.1 Å². The molecule has 0 aliphatic carbocycles. The van der Waals surface area contributed by atoms with Crippen LogP contribution in [0.3, 0.4) is 0 Å². The zero-order valence-electron chi connectivity index (χ0n) is 19.4. The van der Waals surface area contributed by atoms with Gasteiger partial charge < -0.3 is 15.1 Å². The fourth-order valence-electron chi connectivity index (χ4n) is 3.27. The summed E-state index contributed by atoms with van der Waals surface area (Å²) in [5.74, 6) is 0.316. The number of urea groups is 1. The molecule has 0 saturated carbocycles. The third-order valence-electron chi connectivity index (χ3n) is 5.36. The van der Waals surface area contributed by atoms with Crippen molar-refractivity contribution in [1.82, 2.24) is 15.1 Å². The second kappa shape index (κ2) is 13.2. The lowest BCUT2D eigenvalue weighted by atomic mass is 10.1. The van der Waals surface area contributed by atoms with Crippen LogP contribution in [-0.4, -0.2) is 41.4 Å². The summed E-state index contributed by atoms with van der Waals surface area (Å²) in [6.45, 7) is 10.8. The number of aryl methyl sites for hydroxylation is 1. The number of thiophene rings is 1. The van der Waals surface area contributed by atoms with E-state index >= 15 is 0 Å².